The molecule has 1 aromatic carbocycles. The van der Waals surface area contributed by atoms with Gasteiger partial charge in [-0.25, -0.2) is 0 Å². The lowest BCUT2D eigenvalue weighted by Crippen LogP contribution is -2.10. The van der Waals surface area contributed by atoms with Crippen molar-refractivity contribution in [2.75, 3.05) is 27.3 Å². The molecule has 1 aliphatic heterocycles. The van der Waals surface area contributed by atoms with E-state index in [0.29, 0.717) is 0 Å². The van der Waals surface area contributed by atoms with Gasteiger partial charge in [-0.05, 0) is 49.5 Å². The summed E-state index contributed by atoms with van der Waals surface area (Å²) in [6.45, 7) is 2.28. The maximum Gasteiger partial charge on any atom is 0.160 e. The quantitative estimate of drug-likeness (QED) is 0.898. The van der Waals surface area contributed by atoms with Crippen molar-refractivity contribution in [1.82, 2.24) is 5.32 Å². The van der Waals surface area contributed by atoms with Gasteiger partial charge in [0.1, 0.15) is 0 Å². The molecule has 1 aliphatic rings. The van der Waals surface area contributed by atoms with E-state index >= 15 is 0 Å². The van der Waals surface area contributed by atoms with Gasteiger partial charge >= 0.3 is 0 Å². The van der Waals surface area contributed by atoms with Crippen LogP contribution in [-0.4, -0.2) is 27.3 Å². The molecule has 1 unspecified atom stereocenters. The van der Waals surface area contributed by atoms with Crippen molar-refractivity contribution >= 4 is 12.4 Å². The summed E-state index contributed by atoms with van der Waals surface area (Å²) >= 11 is 0. The first kappa shape index (κ1) is 14.1. The Kier molecular flexibility index (Phi) is 5.59. The van der Waals surface area contributed by atoms with Crippen LogP contribution in [0.25, 0.3) is 0 Å². The van der Waals surface area contributed by atoms with E-state index in [9.17, 15) is 0 Å². The van der Waals surface area contributed by atoms with Crippen LogP contribution in [0.3, 0.4) is 0 Å². The Balaban J connectivity index is 0.00000144. The number of halogens is 1. The monoisotopic (exact) mass is 257 g/mol. The smallest absolute Gasteiger partial charge is 0.160 e. The number of benzene rings is 1. The SMILES string of the molecule is COc1ccc(CC2CCNC2)cc1OC.Cl. The lowest BCUT2D eigenvalue weighted by atomic mass is 9.98. The van der Waals surface area contributed by atoms with E-state index in [0.717, 1.165) is 36.9 Å². The van der Waals surface area contributed by atoms with Crippen molar-refractivity contribution in [2.45, 2.75) is 12.8 Å². The van der Waals surface area contributed by atoms with E-state index in [1.54, 1.807) is 14.2 Å². The van der Waals surface area contributed by atoms with E-state index in [2.05, 4.69) is 17.4 Å². The van der Waals surface area contributed by atoms with Gasteiger partial charge in [-0.3, -0.25) is 0 Å². The second-order valence-electron chi connectivity index (χ2n) is 4.25. The summed E-state index contributed by atoms with van der Waals surface area (Å²) in [7, 11) is 3.34. The van der Waals surface area contributed by atoms with Gasteiger partial charge in [-0.1, -0.05) is 6.07 Å². The minimum atomic E-state index is 0. The summed E-state index contributed by atoms with van der Waals surface area (Å²) in [6.07, 6.45) is 2.39. The zero-order valence-corrected chi connectivity index (χ0v) is 11.2. The number of nitrogens with one attached hydrogen (secondary N) is 1. The van der Waals surface area contributed by atoms with Crippen molar-refractivity contribution in [3.05, 3.63) is 23.8 Å². The molecule has 3 nitrogen and oxygen atoms in total. The maximum atomic E-state index is 5.30. The Morgan fingerprint density at radius 1 is 1.24 bits per heavy atom. The normalized spacial score (nSPS) is 18.6. The van der Waals surface area contributed by atoms with Gasteiger partial charge in [0.05, 0.1) is 14.2 Å². The standard InChI is InChI=1S/C13H19NO2.ClH/c1-15-12-4-3-10(8-13(12)16-2)7-11-5-6-14-9-11;/h3-4,8,11,14H,5-7,9H2,1-2H3;1H. The van der Waals surface area contributed by atoms with Crippen LogP contribution in [0, 0.1) is 5.92 Å². The third-order valence-electron chi connectivity index (χ3n) is 3.13. The zero-order valence-electron chi connectivity index (χ0n) is 10.4. The molecule has 0 aromatic heterocycles. The van der Waals surface area contributed by atoms with Gasteiger partial charge < -0.3 is 14.8 Å². The van der Waals surface area contributed by atoms with E-state index in [4.69, 9.17) is 9.47 Å². The summed E-state index contributed by atoms with van der Waals surface area (Å²) in [5.74, 6) is 2.39. The lowest BCUT2D eigenvalue weighted by Gasteiger charge is -2.12. The maximum absolute atomic E-state index is 5.30. The van der Waals surface area contributed by atoms with Crippen LogP contribution in [0.1, 0.15) is 12.0 Å². The molecule has 1 saturated heterocycles. The molecule has 1 fully saturated rings. The largest absolute Gasteiger partial charge is 0.493 e. The van der Waals surface area contributed by atoms with E-state index in [1.165, 1.54) is 12.0 Å². The van der Waals surface area contributed by atoms with Crippen LogP contribution < -0.4 is 14.8 Å². The highest BCUT2D eigenvalue weighted by molar-refractivity contribution is 5.85. The summed E-state index contributed by atoms with van der Waals surface area (Å²) in [5, 5.41) is 3.39. The number of hydrogen-bond acceptors (Lipinski definition) is 3. The Hall–Kier alpha value is -0.930. The fourth-order valence-electron chi connectivity index (χ4n) is 2.23. The molecule has 0 saturated carbocycles. The molecule has 2 rings (SSSR count). The highest BCUT2D eigenvalue weighted by atomic mass is 35.5. The van der Waals surface area contributed by atoms with Crippen LogP contribution >= 0.6 is 12.4 Å². The number of hydrogen-bond donors (Lipinski definition) is 1. The van der Waals surface area contributed by atoms with Crippen LogP contribution in [0.15, 0.2) is 18.2 Å². The molecule has 1 heterocycles. The van der Waals surface area contributed by atoms with Crippen molar-refractivity contribution in [3.8, 4) is 11.5 Å². The van der Waals surface area contributed by atoms with Crippen molar-refractivity contribution < 1.29 is 9.47 Å². The van der Waals surface area contributed by atoms with E-state index in [1.807, 2.05) is 6.07 Å². The highest BCUT2D eigenvalue weighted by Crippen LogP contribution is 2.29. The Labute approximate surface area is 109 Å². The molecule has 17 heavy (non-hydrogen) atoms. The van der Waals surface area contributed by atoms with E-state index < -0.39 is 0 Å². The predicted molar refractivity (Wildman–Crippen MR) is 71.5 cm³/mol. The molecule has 1 aromatic rings. The predicted octanol–water partition coefficient (Wildman–Crippen LogP) is 2.28. The Morgan fingerprint density at radius 2 is 2.00 bits per heavy atom. The lowest BCUT2D eigenvalue weighted by molar-refractivity contribution is 0.354. The summed E-state index contributed by atoms with van der Waals surface area (Å²) in [6, 6.07) is 6.19. The van der Waals surface area contributed by atoms with Crippen LogP contribution in [0.5, 0.6) is 11.5 Å². The molecular formula is C13H20ClNO2. The average Bonchev–Trinajstić information content (AvgIpc) is 2.81. The van der Waals surface area contributed by atoms with Crippen LogP contribution in [0.4, 0.5) is 0 Å². The molecule has 4 heteroatoms. The molecule has 1 N–H and O–H groups in total. The average molecular weight is 258 g/mol. The Morgan fingerprint density at radius 3 is 2.59 bits per heavy atom. The molecule has 1 atom stereocenters. The van der Waals surface area contributed by atoms with Gasteiger partial charge in [0, 0.05) is 0 Å². The third kappa shape index (κ3) is 3.51. The van der Waals surface area contributed by atoms with Gasteiger partial charge in [0.25, 0.3) is 0 Å². The number of rotatable bonds is 4. The van der Waals surface area contributed by atoms with Gasteiger partial charge in [-0.2, -0.15) is 0 Å². The number of ether oxygens (including phenoxy) is 2. The van der Waals surface area contributed by atoms with Gasteiger partial charge in [0.15, 0.2) is 11.5 Å². The van der Waals surface area contributed by atoms with E-state index in [-0.39, 0.29) is 12.4 Å². The minimum absolute atomic E-state index is 0. The molecule has 0 amide bonds. The summed E-state index contributed by atoms with van der Waals surface area (Å²) in [5.41, 5.74) is 1.33. The van der Waals surface area contributed by atoms with Gasteiger partial charge in [-0.15, -0.1) is 12.4 Å². The first-order valence-corrected chi connectivity index (χ1v) is 5.75. The van der Waals surface area contributed by atoms with Crippen LogP contribution in [-0.2, 0) is 6.42 Å². The van der Waals surface area contributed by atoms with Crippen LogP contribution in [0.2, 0.25) is 0 Å². The summed E-state index contributed by atoms with van der Waals surface area (Å²) in [4.78, 5) is 0. The first-order valence-electron chi connectivity index (χ1n) is 5.75. The van der Waals surface area contributed by atoms with Crippen molar-refractivity contribution in [1.29, 1.82) is 0 Å². The molecule has 0 spiro atoms. The topological polar surface area (TPSA) is 30.5 Å². The fourth-order valence-corrected chi connectivity index (χ4v) is 2.23. The van der Waals surface area contributed by atoms with Gasteiger partial charge in [0.2, 0.25) is 0 Å². The molecule has 0 aliphatic carbocycles. The molecular weight excluding hydrogens is 238 g/mol. The Bertz CT molecular complexity index is 351. The molecule has 0 bridgehead atoms. The molecule has 0 radical (unpaired) electrons. The second kappa shape index (κ2) is 6.72. The zero-order chi connectivity index (χ0) is 11.4. The fraction of sp³-hybridized carbons (Fsp3) is 0.538. The third-order valence-corrected chi connectivity index (χ3v) is 3.13. The molecule has 96 valence electrons. The highest BCUT2D eigenvalue weighted by Gasteiger charge is 2.15. The minimum Gasteiger partial charge on any atom is -0.493 e. The second-order valence-corrected chi connectivity index (χ2v) is 4.25. The van der Waals surface area contributed by atoms with Crippen molar-refractivity contribution in [3.63, 3.8) is 0 Å². The van der Waals surface area contributed by atoms with Crippen molar-refractivity contribution in [2.24, 2.45) is 5.92 Å². The summed E-state index contributed by atoms with van der Waals surface area (Å²) < 4.78 is 10.5. The number of methoxy groups -OCH3 is 2. The first-order chi connectivity index (χ1) is 7.83.